The summed E-state index contributed by atoms with van der Waals surface area (Å²) in [6.07, 6.45) is 5.72. The largest absolute Gasteiger partial charge is 0.339 e. The van der Waals surface area contributed by atoms with E-state index >= 15 is 0 Å². The summed E-state index contributed by atoms with van der Waals surface area (Å²) in [5, 5.41) is 9.52. The number of pyridine rings is 1. The molecule has 0 saturated heterocycles. The lowest BCUT2D eigenvalue weighted by molar-refractivity contribution is 0.252. The van der Waals surface area contributed by atoms with Crippen LogP contribution in [0.4, 0.5) is 10.6 Å². The molecule has 160 valence electrons. The van der Waals surface area contributed by atoms with E-state index in [2.05, 4.69) is 30.7 Å². The van der Waals surface area contributed by atoms with Crippen molar-refractivity contribution in [2.24, 2.45) is 0 Å². The Morgan fingerprint density at radius 2 is 2.13 bits per heavy atom. The third-order valence-electron chi connectivity index (χ3n) is 4.43. The molecule has 4 aromatic heterocycles. The van der Waals surface area contributed by atoms with Gasteiger partial charge < -0.3 is 14.7 Å². The topological polar surface area (TPSA) is 126 Å². The molecular formula is C20H23N9O2. The second kappa shape index (κ2) is 8.88. The van der Waals surface area contributed by atoms with Crippen molar-refractivity contribution >= 4 is 17.5 Å². The maximum atomic E-state index is 11.9. The van der Waals surface area contributed by atoms with Crippen molar-refractivity contribution < 1.29 is 9.32 Å². The highest BCUT2D eigenvalue weighted by atomic mass is 16.5. The highest BCUT2D eigenvalue weighted by Crippen LogP contribution is 2.25. The van der Waals surface area contributed by atoms with Crippen molar-refractivity contribution in [1.82, 2.24) is 39.7 Å². The van der Waals surface area contributed by atoms with Gasteiger partial charge in [-0.25, -0.2) is 14.8 Å². The summed E-state index contributed by atoms with van der Waals surface area (Å²) in [5.41, 5.74) is 2.06. The first-order valence-corrected chi connectivity index (χ1v) is 9.86. The first-order valence-electron chi connectivity index (χ1n) is 9.86. The molecule has 0 saturated carbocycles. The van der Waals surface area contributed by atoms with Gasteiger partial charge in [-0.15, -0.1) is 0 Å². The van der Waals surface area contributed by atoms with Crippen LogP contribution in [0, 0.1) is 0 Å². The Labute approximate surface area is 178 Å². The van der Waals surface area contributed by atoms with Crippen LogP contribution in [0.15, 0.2) is 41.3 Å². The maximum Gasteiger partial charge on any atom is 0.320 e. The number of aromatic nitrogens is 6. The van der Waals surface area contributed by atoms with Crippen molar-refractivity contribution in [1.29, 1.82) is 0 Å². The second-order valence-corrected chi connectivity index (χ2v) is 7.11. The minimum Gasteiger partial charge on any atom is -0.339 e. The Balaban J connectivity index is 1.77. The van der Waals surface area contributed by atoms with Gasteiger partial charge in [0, 0.05) is 43.5 Å². The standard InChI is InChI=1S/C20H23N9O2/c1-4-22-20(30)25-15-12-29-16(24-15)10-14(13-6-5-8-21-11-13)23-19(29)18-26-17(31-27-18)7-9-28(2)3/h5-6,8,10-12H,4,7,9H2,1-3H3,(H2,22,25,30). The van der Waals surface area contributed by atoms with Crippen molar-refractivity contribution in [3.63, 3.8) is 0 Å². The first kappa shape index (κ1) is 20.4. The number of carbonyl (C=O) groups is 1. The van der Waals surface area contributed by atoms with Gasteiger partial charge in [0.2, 0.25) is 11.7 Å². The average Bonchev–Trinajstić information content (AvgIpc) is 3.38. The van der Waals surface area contributed by atoms with Gasteiger partial charge in [-0.2, -0.15) is 4.98 Å². The molecule has 31 heavy (non-hydrogen) atoms. The number of anilines is 1. The minimum absolute atomic E-state index is 0.335. The molecule has 4 heterocycles. The van der Waals surface area contributed by atoms with Crippen LogP contribution in [-0.4, -0.2) is 67.6 Å². The minimum atomic E-state index is -0.335. The second-order valence-electron chi connectivity index (χ2n) is 7.11. The molecule has 0 aromatic carbocycles. The van der Waals surface area contributed by atoms with Crippen LogP contribution >= 0.6 is 0 Å². The number of fused-ring (bicyclic) bond motifs is 1. The van der Waals surface area contributed by atoms with Crippen LogP contribution in [0.1, 0.15) is 12.8 Å². The SMILES string of the molecule is CCNC(=O)Nc1cn2c(-c3noc(CCN(C)C)n3)nc(-c3cccnc3)cc2n1. The molecule has 2 amide bonds. The molecule has 0 aliphatic carbocycles. The normalized spacial score (nSPS) is 11.2. The quantitative estimate of drug-likeness (QED) is 0.464. The van der Waals surface area contributed by atoms with E-state index in [1.54, 1.807) is 23.0 Å². The number of urea groups is 1. The number of likely N-dealkylation sites (N-methyl/N-ethyl adjacent to an activating group) is 1. The molecule has 0 bridgehead atoms. The van der Waals surface area contributed by atoms with Crippen LogP contribution < -0.4 is 10.6 Å². The summed E-state index contributed by atoms with van der Waals surface area (Å²) in [4.78, 5) is 31.9. The number of hydrogen-bond acceptors (Lipinski definition) is 8. The Kier molecular flexibility index (Phi) is 5.85. The van der Waals surface area contributed by atoms with Gasteiger partial charge in [-0.05, 0) is 33.2 Å². The zero-order chi connectivity index (χ0) is 21.8. The summed E-state index contributed by atoms with van der Waals surface area (Å²) >= 11 is 0. The zero-order valence-corrected chi connectivity index (χ0v) is 17.5. The number of imidazole rings is 1. The van der Waals surface area contributed by atoms with E-state index < -0.39 is 0 Å². The van der Waals surface area contributed by atoms with E-state index in [9.17, 15) is 4.79 Å². The van der Waals surface area contributed by atoms with Gasteiger partial charge in [0.1, 0.15) is 5.65 Å². The van der Waals surface area contributed by atoms with Gasteiger partial charge in [0.15, 0.2) is 11.6 Å². The molecule has 4 rings (SSSR count). The van der Waals surface area contributed by atoms with E-state index in [-0.39, 0.29) is 6.03 Å². The van der Waals surface area contributed by atoms with Crippen LogP contribution in [0.25, 0.3) is 28.6 Å². The van der Waals surface area contributed by atoms with Crippen molar-refractivity contribution in [3.05, 3.63) is 42.7 Å². The lowest BCUT2D eigenvalue weighted by Crippen LogP contribution is -2.28. The molecule has 0 radical (unpaired) electrons. The highest BCUT2D eigenvalue weighted by molar-refractivity contribution is 5.88. The lowest BCUT2D eigenvalue weighted by Gasteiger charge is -2.06. The summed E-state index contributed by atoms with van der Waals surface area (Å²) in [7, 11) is 3.96. The van der Waals surface area contributed by atoms with Gasteiger partial charge in [-0.1, -0.05) is 5.16 Å². The summed E-state index contributed by atoms with van der Waals surface area (Å²) in [6.45, 7) is 3.14. The van der Waals surface area contributed by atoms with E-state index in [1.807, 2.05) is 44.1 Å². The molecular weight excluding hydrogens is 398 g/mol. The zero-order valence-electron chi connectivity index (χ0n) is 17.5. The molecule has 2 N–H and O–H groups in total. The maximum absolute atomic E-state index is 11.9. The number of hydrogen-bond donors (Lipinski definition) is 2. The Morgan fingerprint density at radius 1 is 1.26 bits per heavy atom. The van der Waals surface area contributed by atoms with E-state index in [4.69, 9.17) is 9.51 Å². The van der Waals surface area contributed by atoms with Crippen LogP contribution in [0.3, 0.4) is 0 Å². The number of amides is 2. The fourth-order valence-corrected chi connectivity index (χ4v) is 2.96. The fourth-order valence-electron chi connectivity index (χ4n) is 2.96. The van der Waals surface area contributed by atoms with Gasteiger partial charge in [0.05, 0.1) is 11.9 Å². The number of carbonyl (C=O) groups excluding carboxylic acids is 1. The summed E-state index contributed by atoms with van der Waals surface area (Å²) < 4.78 is 7.14. The molecule has 0 aliphatic heterocycles. The molecule has 0 atom stereocenters. The molecule has 11 heteroatoms. The van der Waals surface area contributed by atoms with Gasteiger partial charge in [-0.3, -0.25) is 14.7 Å². The number of nitrogens with zero attached hydrogens (tertiary/aromatic N) is 7. The molecule has 11 nitrogen and oxygen atoms in total. The van der Waals surface area contributed by atoms with Crippen LogP contribution in [0.2, 0.25) is 0 Å². The molecule has 0 unspecified atom stereocenters. The van der Waals surface area contributed by atoms with E-state index in [0.717, 1.165) is 12.1 Å². The average molecular weight is 421 g/mol. The monoisotopic (exact) mass is 421 g/mol. The van der Waals surface area contributed by atoms with E-state index in [0.29, 0.717) is 47.7 Å². The molecule has 0 aliphatic rings. The van der Waals surface area contributed by atoms with Crippen molar-refractivity contribution in [2.45, 2.75) is 13.3 Å². The molecule has 0 spiro atoms. The first-order chi connectivity index (χ1) is 15.0. The van der Waals surface area contributed by atoms with Crippen molar-refractivity contribution in [3.8, 4) is 22.9 Å². The molecule has 4 aromatic rings. The molecule has 0 fully saturated rings. The van der Waals surface area contributed by atoms with Gasteiger partial charge in [0.25, 0.3) is 0 Å². The predicted octanol–water partition coefficient (Wildman–Crippen LogP) is 2.09. The summed E-state index contributed by atoms with van der Waals surface area (Å²) in [5.74, 6) is 1.69. The number of rotatable bonds is 7. The van der Waals surface area contributed by atoms with Gasteiger partial charge >= 0.3 is 6.03 Å². The Morgan fingerprint density at radius 3 is 2.87 bits per heavy atom. The lowest BCUT2D eigenvalue weighted by atomic mass is 10.2. The Bertz CT molecular complexity index is 1180. The van der Waals surface area contributed by atoms with E-state index in [1.165, 1.54) is 0 Å². The van der Waals surface area contributed by atoms with Crippen LogP contribution in [-0.2, 0) is 6.42 Å². The Hall–Kier alpha value is -3.86. The summed E-state index contributed by atoms with van der Waals surface area (Å²) in [6, 6.07) is 5.22. The third-order valence-corrected chi connectivity index (χ3v) is 4.43. The smallest absolute Gasteiger partial charge is 0.320 e. The highest BCUT2D eigenvalue weighted by Gasteiger charge is 2.18. The number of nitrogens with one attached hydrogen (secondary N) is 2. The predicted molar refractivity (Wildman–Crippen MR) is 114 cm³/mol. The third kappa shape index (κ3) is 4.67. The van der Waals surface area contributed by atoms with Crippen LogP contribution in [0.5, 0.6) is 0 Å². The fraction of sp³-hybridized carbons (Fsp3) is 0.300. The van der Waals surface area contributed by atoms with Crippen molar-refractivity contribution in [2.75, 3.05) is 32.5 Å².